The zero-order chi connectivity index (χ0) is 23.5. The van der Waals surface area contributed by atoms with Gasteiger partial charge >= 0.3 is 0 Å². The Morgan fingerprint density at radius 2 is 1.91 bits per heavy atom. The molecular formula is C25H30N4O5. The number of benzene rings is 1. The molecule has 2 fully saturated rings. The van der Waals surface area contributed by atoms with Gasteiger partial charge in [-0.1, -0.05) is 28.5 Å². The van der Waals surface area contributed by atoms with Gasteiger partial charge in [0.15, 0.2) is 11.5 Å². The fourth-order valence-corrected chi connectivity index (χ4v) is 4.65. The number of piperidine rings is 1. The van der Waals surface area contributed by atoms with E-state index in [4.69, 9.17) is 23.5 Å². The molecule has 1 unspecified atom stereocenters. The van der Waals surface area contributed by atoms with Gasteiger partial charge in [-0.25, -0.2) is 0 Å². The van der Waals surface area contributed by atoms with Crippen LogP contribution in [0, 0.1) is 13.8 Å². The average Bonchev–Trinajstić information content (AvgIpc) is 3.51. The third kappa shape index (κ3) is 4.70. The van der Waals surface area contributed by atoms with Crippen LogP contribution in [0.15, 0.2) is 33.3 Å². The van der Waals surface area contributed by atoms with Crippen LogP contribution in [0.1, 0.15) is 76.6 Å². The van der Waals surface area contributed by atoms with Gasteiger partial charge in [-0.3, -0.25) is 4.79 Å². The Morgan fingerprint density at radius 1 is 1.09 bits per heavy atom. The van der Waals surface area contributed by atoms with E-state index >= 15 is 0 Å². The van der Waals surface area contributed by atoms with Crippen molar-refractivity contribution in [2.24, 2.45) is 0 Å². The van der Waals surface area contributed by atoms with Crippen molar-refractivity contribution in [3.05, 3.63) is 58.6 Å². The fourth-order valence-electron chi connectivity index (χ4n) is 4.65. The maximum Gasteiger partial charge on any atom is 0.276 e. The molecule has 9 nitrogen and oxygen atoms in total. The van der Waals surface area contributed by atoms with E-state index < -0.39 is 0 Å². The number of amides is 1. The van der Waals surface area contributed by atoms with Crippen molar-refractivity contribution in [1.82, 2.24) is 20.2 Å². The summed E-state index contributed by atoms with van der Waals surface area (Å²) in [6, 6.07) is 7.78. The summed E-state index contributed by atoms with van der Waals surface area (Å²) < 4.78 is 22.4. The van der Waals surface area contributed by atoms with E-state index in [0.29, 0.717) is 36.0 Å². The number of carbonyl (C=O) groups is 1. The quantitative estimate of drug-likeness (QED) is 0.533. The molecule has 9 heteroatoms. The lowest BCUT2D eigenvalue weighted by Gasteiger charge is -2.30. The predicted octanol–water partition coefficient (Wildman–Crippen LogP) is 4.17. The van der Waals surface area contributed by atoms with Crippen LogP contribution in [-0.4, -0.2) is 52.4 Å². The van der Waals surface area contributed by atoms with Crippen LogP contribution in [0.2, 0.25) is 0 Å². The van der Waals surface area contributed by atoms with Crippen LogP contribution in [0.5, 0.6) is 5.75 Å². The lowest BCUT2D eigenvalue weighted by molar-refractivity contribution is 0.0682. The third-order valence-electron chi connectivity index (χ3n) is 6.75. The Kier molecular flexibility index (Phi) is 6.62. The fraction of sp³-hybridized carbons (Fsp3) is 0.520. The standard InChI is InChI=1S/C25H30N4O5/c1-16-6-3-4-8-21(16)32-15-20-17(2)33-27-22(20)25(30)29-11-5-7-19(14-29)24-26-23(28-34-24)18-9-12-31-13-10-18/h3-4,6,8,18-19H,5,7,9-15H2,1-2H3. The summed E-state index contributed by atoms with van der Waals surface area (Å²) in [5.74, 6) is 2.86. The number of hydrogen-bond donors (Lipinski definition) is 0. The second-order valence-electron chi connectivity index (χ2n) is 9.09. The summed E-state index contributed by atoms with van der Waals surface area (Å²) in [6.07, 6.45) is 3.58. The van der Waals surface area contributed by atoms with Crippen molar-refractivity contribution >= 4 is 5.91 Å². The highest BCUT2D eigenvalue weighted by Gasteiger charge is 2.33. The Bertz CT molecular complexity index is 1130. The first-order chi connectivity index (χ1) is 16.6. The zero-order valence-electron chi connectivity index (χ0n) is 19.7. The summed E-state index contributed by atoms with van der Waals surface area (Å²) in [4.78, 5) is 19.9. The number of rotatable bonds is 6. The van der Waals surface area contributed by atoms with E-state index in [1.807, 2.05) is 31.2 Å². The number of para-hydroxylation sites is 1. The Balaban J connectivity index is 1.27. The number of aromatic nitrogens is 3. The molecule has 2 aliphatic rings. The molecule has 0 saturated carbocycles. The highest BCUT2D eigenvalue weighted by molar-refractivity contribution is 5.94. The van der Waals surface area contributed by atoms with Gasteiger partial charge < -0.3 is 23.4 Å². The lowest BCUT2D eigenvalue weighted by Crippen LogP contribution is -2.39. The third-order valence-corrected chi connectivity index (χ3v) is 6.75. The van der Waals surface area contributed by atoms with E-state index in [0.717, 1.165) is 56.0 Å². The first-order valence-electron chi connectivity index (χ1n) is 11.9. The van der Waals surface area contributed by atoms with Crippen molar-refractivity contribution in [3.8, 4) is 5.75 Å². The second kappa shape index (κ2) is 9.97. The summed E-state index contributed by atoms with van der Waals surface area (Å²) in [5, 5.41) is 8.31. The molecule has 3 aromatic rings. The molecule has 180 valence electrons. The van der Waals surface area contributed by atoms with Gasteiger partial charge in [0, 0.05) is 32.2 Å². The van der Waals surface area contributed by atoms with Crippen LogP contribution in [0.3, 0.4) is 0 Å². The summed E-state index contributed by atoms with van der Waals surface area (Å²) in [5.41, 5.74) is 2.01. The second-order valence-corrected chi connectivity index (χ2v) is 9.09. The number of nitrogens with zero attached hydrogens (tertiary/aromatic N) is 4. The van der Waals surface area contributed by atoms with Gasteiger partial charge in [0.25, 0.3) is 5.91 Å². The maximum atomic E-state index is 13.4. The predicted molar refractivity (Wildman–Crippen MR) is 122 cm³/mol. The average molecular weight is 467 g/mol. The minimum atomic E-state index is -0.158. The molecule has 0 spiro atoms. The zero-order valence-corrected chi connectivity index (χ0v) is 19.7. The maximum absolute atomic E-state index is 13.4. The summed E-state index contributed by atoms with van der Waals surface area (Å²) in [7, 11) is 0. The van der Waals surface area contributed by atoms with Gasteiger partial charge in [0.2, 0.25) is 5.89 Å². The lowest BCUT2D eigenvalue weighted by atomic mass is 9.97. The molecule has 5 rings (SSSR count). The summed E-state index contributed by atoms with van der Waals surface area (Å²) in [6.45, 7) is 6.63. The van der Waals surface area contributed by atoms with Crippen molar-refractivity contribution in [3.63, 3.8) is 0 Å². The Morgan fingerprint density at radius 3 is 2.74 bits per heavy atom. The van der Waals surface area contributed by atoms with E-state index in [1.165, 1.54) is 0 Å². The molecule has 0 aliphatic carbocycles. The van der Waals surface area contributed by atoms with Crippen LogP contribution >= 0.6 is 0 Å². The van der Waals surface area contributed by atoms with Crippen LogP contribution in [0.4, 0.5) is 0 Å². The molecule has 0 N–H and O–H groups in total. The number of hydrogen-bond acceptors (Lipinski definition) is 8. The number of aryl methyl sites for hydroxylation is 2. The molecule has 0 bridgehead atoms. The molecule has 0 radical (unpaired) electrons. The smallest absolute Gasteiger partial charge is 0.276 e. The number of carbonyl (C=O) groups excluding carboxylic acids is 1. The topological polar surface area (TPSA) is 104 Å². The first-order valence-corrected chi connectivity index (χ1v) is 11.9. The van der Waals surface area contributed by atoms with Crippen LogP contribution in [0.25, 0.3) is 0 Å². The molecule has 34 heavy (non-hydrogen) atoms. The van der Waals surface area contributed by atoms with Crippen LogP contribution in [-0.2, 0) is 11.3 Å². The van der Waals surface area contributed by atoms with Gasteiger partial charge in [0.1, 0.15) is 18.1 Å². The SMILES string of the molecule is Cc1ccccc1OCc1c(C(=O)N2CCCC(c3nc(C4CCOCC4)no3)C2)noc1C. The van der Waals surface area contributed by atoms with Crippen molar-refractivity contribution in [1.29, 1.82) is 0 Å². The van der Waals surface area contributed by atoms with Crippen molar-refractivity contribution in [2.45, 2.75) is 58.0 Å². The normalized spacial score (nSPS) is 19.4. The van der Waals surface area contributed by atoms with E-state index in [2.05, 4.69) is 10.3 Å². The summed E-state index contributed by atoms with van der Waals surface area (Å²) >= 11 is 0. The number of ether oxygens (including phenoxy) is 2. The van der Waals surface area contributed by atoms with Gasteiger partial charge in [-0.2, -0.15) is 4.98 Å². The van der Waals surface area contributed by atoms with Crippen molar-refractivity contribution < 1.29 is 23.3 Å². The minimum absolute atomic E-state index is 0.0125. The molecule has 1 atom stereocenters. The monoisotopic (exact) mass is 466 g/mol. The molecule has 1 aromatic carbocycles. The van der Waals surface area contributed by atoms with Gasteiger partial charge in [0.05, 0.1) is 11.5 Å². The Labute approximate surface area is 198 Å². The van der Waals surface area contributed by atoms with Gasteiger partial charge in [-0.05, 0) is 51.2 Å². The highest BCUT2D eigenvalue weighted by atomic mass is 16.5. The first kappa shape index (κ1) is 22.6. The van der Waals surface area contributed by atoms with E-state index in [-0.39, 0.29) is 24.3 Å². The molecule has 2 saturated heterocycles. The molecule has 4 heterocycles. The van der Waals surface area contributed by atoms with Gasteiger partial charge in [-0.15, -0.1) is 0 Å². The number of likely N-dealkylation sites (tertiary alicyclic amines) is 1. The van der Waals surface area contributed by atoms with Crippen LogP contribution < -0.4 is 4.74 Å². The van der Waals surface area contributed by atoms with E-state index in [1.54, 1.807) is 11.8 Å². The molecular weight excluding hydrogens is 436 g/mol. The largest absolute Gasteiger partial charge is 0.488 e. The highest BCUT2D eigenvalue weighted by Crippen LogP contribution is 2.31. The minimum Gasteiger partial charge on any atom is -0.488 e. The molecule has 2 aliphatic heterocycles. The van der Waals surface area contributed by atoms with E-state index in [9.17, 15) is 4.79 Å². The Hall–Kier alpha value is -3.20. The van der Waals surface area contributed by atoms with Crippen molar-refractivity contribution in [2.75, 3.05) is 26.3 Å². The molecule has 1 amide bonds. The molecule has 2 aromatic heterocycles.